The molecule has 0 radical (unpaired) electrons. The molecule has 0 fully saturated rings. The van der Waals surface area contributed by atoms with Crippen molar-refractivity contribution in [3.8, 4) is 0 Å². The minimum atomic E-state index is -0.771. The predicted octanol–water partition coefficient (Wildman–Crippen LogP) is 19.7. The number of ether oxygens (including phenoxy) is 3. The van der Waals surface area contributed by atoms with Gasteiger partial charge in [0.15, 0.2) is 6.10 Å². The Bertz CT molecular complexity index is 1130. The minimum Gasteiger partial charge on any atom is -0.462 e. The molecule has 0 bridgehead atoms. The maximum Gasteiger partial charge on any atom is 0.306 e. The van der Waals surface area contributed by atoms with Crippen LogP contribution in [0.1, 0.15) is 316 Å². The molecule has 0 saturated heterocycles. The molecule has 6 heteroatoms. The van der Waals surface area contributed by atoms with E-state index in [-0.39, 0.29) is 31.1 Å². The van der Waals surface area contributed by atoms with Crippen LogP contribution in [-0.4, -0.2) is 37.2 Å². The lowest BCUT2D eigenvalue weighted by molar-refractivity contribution is -0.167. The molecule has 0 aromatic heterocycles. The molecule has 0 aliphatic rings. The third-order valence-corrected chi connectivity index (χ3v) is 13.1. The van der Waals surface area contributed by atoms with Crippen LogP contribution in [0.25, 0.3) is 0 Å². The van der Waals surface area contributed by atoms with Crippen molar-refractivity contribution >= 4 is 17.9 Å². The summed E-state index contributed by atoms with van der Waals surface area (Å²) in [5.41, 5.74) is 0. The molecule has 67 heavy (non-hydrogen) atoms. The predicted molar refractivity (Wildman–Crippen MR) is 289 cm³/mol. The second-order valence-electron chi connectivity index (χ2n) is 19.9. The number of esters is 3. The van der Waals surface area contributed by atoms with Gasteiger partial charge in [-0.2, -0.15) is 0 Å². The second kappa shape index (κ2) is 56.2. The van der Waals surface area contributed by atoms with Gasteiger partial charge in [0.25, 0.3) is 0 Å². The quantitative estimate of drug-likeness (QED) is 0.0262. The fourth-order valence-corrected chi connectivity index (χ4v) is 8.65. The first kappa shape index (κ1) is 64.6. The third kappa shape index (κ3) is 54.4. The smallest absolute Gasteiger partial charge is 0.306 e. The standard InChI is InChI=1S/C61H112O6/c1-4-7-10-13-16-18-20-22-24-26-27-28-29-30-31-32-33-34-35-36-38-39-41-43-45-48-51-54-60(63)66-57-58(56-65-59(62)53-50-47-15-12-9-6-3)67-61(64)55-52-49-46-44-42-40-37-25-23-21-19-17-14-11-8-5-2/h20,22,25-27,37,58H,4-19,21,23-24,28-36,38-57H2,1-3H3/b22-20-,27-26-,37-25-. The summed E-state index contributed by atoms with van der Waals surface area (Å²) in [4.78, 5) is 37.9. The zero-order valence-corrected chi connectivity index (χ0v) is 44.9. The molecule has 0 aromatic rings. The molecule has 0 heterocycles. The summed E-state index contributed by atoms with van der Waals surface area (Å²) in [6.45, 7) is 6.59. The maximum atomic E-state index is 12.8. The molecule has 0 rings (SSSR count). The Morgan fingerprint density at radius 2 is 0.537 bits per heavy atom. The lowest BCUT2D eigenvalue weighted by atomic mass is 10.0. The fraction of sp³-hybridized carbons (Fsp3) is 0.852. The van der Waals surface area contributed by atoms with Crippen LogP contribution in [0.15, 0.2) is 36.5 Å². The number of carbonyl (C=O) groups is 3. The van der Waals surface area contributed by atoms with E-state index in [1.807, 2.05) is 0 Å². The third-order valence-electron chi connectivity index (χ3n) is 13.1. The number of carbonyl (C=O) groups excluding carboxylic acids is 3. The molecule has 0 aromatic carbocycles. The Morgan fingerprint density at radius 1 is 0.299 bits per heavy atom. The summed E-state index contributed by atoms with van der Waals surface area (Å²) in [6, 6.07) is 0. The van der Waals surface area contributed by atoms with E-state index in [1.165, 1.54) is 205 Å². The Hall–Kier alpha value is -2.37. The first-order valence-electron chi connectivity index (χ1n) is 29.5. The van der Waals surface area contributed by atoms with E-state index in [1.54, 1.807) is 0 Å². The highest BCUT2D eigenvalue weighted by atomic mass is 16.6. The van der Waals surface area contributed by atoms with Gasteiger partial charge in [-0.15, -0.1) is 0 Å². The van der Waals surface area contributed by atoms with E-state index in [9.17, 15) is 14.4 Å². The van der Waals surface area contributed by atoms with Gasteiger partial charge < -0.3 is 14.2 Å². The molecule has 1 atom stereocenters. The zero-order chi connectivity index (χ0) is 48.6. The van der Waals surface area contributed by atoms with Crippen molar-refractivity contribution in [3.05, 3.63) is 36.5 Å². The van der Waals surface area contributed by atoms with Crippen molar-refractivity contribution in [2.45, 2.75) is 322 Å². The van der Waals surface area contributed by atoms with Crippen LogP contribution in [0.5, 0.6) is 0 Å². The van der Waals surface area contributed by atoms with Crippen molar-refractivity contribution in [1.29, 1.82) is 0 Å². The lowest BCUT2D eigenvalue weighted by Gasteiger charge is -2.18. The first-order valence-corrected chi connectivity index (χ1v) is 29.5. The molecule has 0 N–H and O–H groups in total. The average molecular weight is 942 g/mol. The topological polar surface area (TPSA) is 78.9 Å². The summed E-state index contributed by atoms with van der Waals surface area (Å²) in [7, 11) is 0. The number of rotatable bonds is 54. The highest BCUT2D eigenvalue weighted by molar-refractivity contribution is 5.71. The highest BCUT2D eigenvalue weighted by Gasteiger charge is 2.19. The van der Waals surface area contributed by atoms with Gasteiger partial charge in [0, 0.05) is 19.3 Å². The average Bonchev–Trinajstić information content (AvgIpc) is 3.33. The van der Waals surface area contributed by atoms with E-state index >= 15 is 0 Å². The summed E-state index contributed by atoms with van der Waals surface area (Å²) >= 11 is 0. The summed E-state index contributed by atoms with van der Waals surface area (Å²) in [5.74, 6) is -0.876. The Morgan fingerprint density at radius 3 is 0.836 bits per heavy atom. The minimum absolute atomic E-state index is 0.0724. The molecule has 0 amide bonds. The van der Waals surface area contributed by atoms with Crippen LogP contribution in [0, 0.1) is 0 Å². The van der Waals surface area contributed by atoms with Gasteiger partial charge in [-0.05, 0) is 77.0 Å². The largest absolute Gasteiger partial charge is 0.462 e. The van der Waals surface area contributed by atoms with Crippen LogP contribution < -0.4 is 0 Å². The van der Waals surface area contributed by atoms with E-state index in [0.717, 1.165) is 70.6 Å². The fourth-order valence-electron chi connectivity index (χ4n) is 8.65. The molecule has 6 nitrogen and oxygen atoms in total. The number of hydrogen-bond donors (Lipinski definition) is 0. The summed E-state index contributed by atoms with van der Waals surface area (Å²) < 4.78 is 16.8. The molecular formula is C61H112O6. The Labute approximate surface area is 416 Å². The van der Waals surface area contributed by atoms with Gasteiger partial charge in [0.2, 0.25) is 0 Å². The van der Waals surface area contributed by atoms with Crippen LogP contribution in [0.4, 0.5) is 0 Å². The second-order valence-corrected chi connectivity index (χ2v) is 19.9. The van der Waals surface area contributed by atoms with Gasteiger partial charge in [0.05, 0.1) is 0 Å². The van der Waals surface area contributed by atoms with Crippen LogP contribution >= 0.6 is 0 Å². The molecule has 0 aliphatic heterocycles. The van der Waals surface area contributed by atoms with Gasteiger partial charge in [-0.25, -0.2) is 0 Å². The monoisotopic (exact) mass is 941 g/mol. The Kier molecular flexibility index (Phi) is 54.2. The Balaban J connectivity index is 4.05. The van der Waals surface area contributed by atoms with Gasteiger partial charge in [-0.3, -0.25) is 14.4 Å². The van der Waals surface area contributed by atoms with Crippen molar-refractivity contribution in [1.82, 2.24) is 0 Å². The van der Waals surface area contributed by atoms with Gasteiger partial charge in [0.1, 0.15) is 13.2 Å². The van der Waals surface area contributed by atoms with E-state index in [0.29, 0.717) is 19.3 Å². The van der Waals surface area contributed by atoms with Gasteiger partial charge >= 0.3 is 17.9 Å². The molecule has 0 spiro atoms. The van der Waals surface area contributed by atoms with Crippen LogP contribution in [0.2, 0.25) is 0 Å². The maximum absolute atomic E-state index is 12.8. The van der Waals surface area contributed by atoms with Gasteiger partial charge in [-0.1, -0.05) is 256 Å². The first-order chi connectivity index (χ1) is 33.0. The molecule has 1 unspecified atom stereocenters. The number of unbranched alkanes of at least 4 members (excludes halogenated alkanes) is 37. The SMILES string of the molecule is CCCCCCC/C=C\C/C=C\CCCCCCCCCCCCCCCCCC(=O)OCC(COC(=O)CCCCCCCC)OC(=O)CCCCCCC/C=C\CCCCCCCCC. The number of hydrogen-bond acceptors (Lipinski definition) is 6. The molecular weight excluding hydrogens is 829 g/mol. The summed E-state index contributed by atoms with van der Waals surface area (Å²) in [5, 5.41) is 0. The zero-order valence-electron chi connectivity index (χ0n) is 44.9. The van der Waals surface area contributed by atoms with Crippen molar-refractivity contribution < 1.29 is 28.6 Å². The lowest BCUT2D eigenvalue weighted by Crippen LogP contribution is -2.30. The van der Waals surface area contributed by atoms with E-state index < -0.39 is 6.10 Å². The molecule has 0 aliphatic carbocycles. The highest BCUT2D eigenvalue weighted by Crippen LogP contribution is 2.16. The van der Waals surface area contributed by atoms with Crippen LogP contribution in [0.3, 0.4) is 0 Å². The van der Waals surface area contributed by atoms with E-state index in [4.69, 9.17) is 14.2 Å². The van der Waals surface area contributed by atoms with Crippen LogP contribution in [-0.2, 0) is 28.6 Å². The van der Waals surface area contributed by atoms with E-state index in [2.05, 4.69) is 57.2 Å². The normalized spacial score (nSPS) is 12.2. The van der Waals surface area contributed by atoms with Crippen molar-refractivity contribution in [2.75, 3.05) is 13.2 Å². The number of allylic oxidation sites excluding steroid dienone is 6. The van der Waals surface area contributed by atoms with Crippen molar-refractivity contribution in [2.24, 2.45) is 0 Å². The summed E-state index contributed by atoms with van der Waals surface area (Å²) in [6.07, 6.45) is 67.5. The van der Waals surface area contributed by atoms with Crippen molar-refractivity contribution in [3.63, 3.8) is 0 Å². The molecule has 392 valence electrons. The molecule has 0 saturated carbocycles.